The van der Waals surface area contributed by atoms with Gasteiger partial charge in [0, 0.05) is 5.56 Å². The molecule has 2 aromatic carbocycles. The molecule has 3 rings (SSSR count). The Balaban J connectivity index is 2.08. The molecule has 0 aliphatic carbocycles. The van der Waals surface area contributed by atoms with Crippen LogP contribution in [0.3, 0.4) is 0 Å². The summed E-state index contributed by atoms with van der Waals surface area (Å²) in [4.78, 5) is 22.1. The number of hydrogen-bond donors (Lipinski definition) is 1. The number of aromatic nitrogens is 4. The van der Waals surface area contributed by atoms with Gasteiger partial charge in [0.05, 0.1) is 11.3 Å². The SMILES string of the molecule is O=Cc1ccc(-c2ccc(-n3cnnn3)c(C(=O)O)c2)cc1. The Hall–Kier alpha value is -3.35. The summed E-state index contributed by atoms with van der Waals surface area (Å²) < 4.78 is 1.29. The lowest BCUT2D eigenvalue weighted by Crippen LogP contribution is -2.06. The molecule has 0 amide bonds. The van der Waals surface area contributed by atoms with Crippen LogP contribution < -0.4 is 0 Å². The molecular weight excluding hydrogens is 284 g/mol. The highest BCUT2D eigenvalue weighted by Gasteiger charge is 2.14. The molecule has 0 spiro atoms. The van der Waals surface area contributed by atoms with E-state index in [1.54, 1.807) is 42.5 Å². The second-order valence-electron chi connectivity index (χ2n) is 4.53. The molecular formula is C15H10N4O3. The zero-order chi connectivity index (χ0) is 15.5. The Kier molecular flexibility index (Phi) is 3.45. The quantitative estimate of drug-likeness (QED) is 0.737. The minimum Gasteiger partial charge on any atom is -0.478 e. The minimum atomic E-state index is -1.07. The third-order valence-corrected chi connectivity index (χ3v) is 3.20. The Morgan fingerprint density at radius 3 is 2.41 bits per heavy atom. The summed E-state index contributed by atoms with van der Waals surface area (Å²) in [5.74, 6) is -1.07. The Labute approximate surface area is 124 Å². The van der Waals surface area contributed by atoms with Crippen molar-refractivity contribution in [3.8, 4) is 16.8 Å². The van der Waals surface area contributed by atoms with Crippen LogP contribution in [0.25, 0.3) is 16.8 Å². The van der Waals surface area contributed by atoms with Crippen LogP contribution in [-0.4, -0.2) is 37.6 Å². The predicted octanol–water partition coefficient (Wildman–Crippen LogP) is 1.84. The number of carbonyl (C=O) groups is 2. The molecule has 7 nitrogen and oxygen atoms in total. The summed E-state index contributed by atoms with van der Waals surface area (Å²) in [5.41, 5.74) is 2.57. The maximum Gasteiger partial charge on any atom is 0.337 e. The number of nitrogens with zero attached hydrogens (tertiary/aromatic N) is 4. The van der Waals surface area contributed by atoms with Crippen LogP contribution in [0.1, 0.15) is 20.7 Å². The van der Waals surface area contributed by atoms with Gasteiger partial charge in [-0.1, -0.05) is 30.3 Å². The first-order valence-electron chi connectivity index (χ1n) is 6.35. The van der Waals surface area contributed by atoms with Crippen molar-refractivity contribution in [1.29, 1.82) is 0 Å². The van der Waals surface area contributed by atoms with Crippen LogP contribution in [0, 0.1) is 0 Å². The zero-order valence-electron chi connectivity index (χ0n) is 11.2. The van der Waals surface area contributed by atoms with Gasteiger partial charge in [-0.15, -0.1) is 5.10 Å². The maximum absolute atomic E-state index is 11.5. The molecule has 0 atom stereocenters. The maximum atomic E-state index is 11.5. The Morgan fingerprint density at radius 1 is 1.09 bits per heavy atom. The first-order chi connectivity index (χ1) is 10.7. The Morgan fingerprint density at radius 2 is 1.82 bits per heavy atom. The monoisotopic (exact) mass is 294 g/mol. The van der Waals surface area contributed by atoms with E-state index in [1.165, 1.54) is 11.0 Å². The lowest BCUT2D eigenvalue weighted by molar-refractivity contribution is 0.0696. The Bertz CT molecular complexity index is 827. The van der Waals surface area contributed by atoms with E-state index >= 15 is 0 Å². The first kappa shape index (κ1) is 13.6. The summed E-state index contributed by atoms with van der Waals surface area (Å²) in [7, 11) is 0. The van der Waals surface area contributed by atoms with Crippen molar-refractivity contribution >= 4 is 12.3 Å². The van der Waals surface area contributed by atoms with Crippen LogP contribution in [0.2, 0.25) is 0 Å². The summed E-state index contributed by atoms with van der Waals surface area (Å²) in [5, 5.41) is 20.1. The van der Waals surface area contributed by atoms with Crippen LogP contribution >= 0.6 is 0 Å². The van der Waals surface area contributed by atoms with Crippen LogP contribution in [0.4, 0.5) is 0 Å². The molecule has 0 saturated heterocycles. The smallest absolute Gasteiger partial charge is 0.337 e. The summed E-state index contributed by atoms with van der Waals surface area (Å²) in [6.45, 7) is 0. The molecule has 3 aromatic rings. The van der Waals surface area contributed by atoms with Crippen molar-refractivity contribution in [2.24, 2.45) is 0 Å². The van der Waals surface area contributed by atoms with Crippen molar-refractivity contribution in [2.45, 2.75) is 0 Å². The second-order valence-corrected chi connectivity index (χ2v) is 4.53. The zero-order valence-corrected chi connectivity index (χ0v) is 11.2. The van der Waals surface area contributed by atoms with Gasteiger partial charge in [0.2, 0.25) is 0 Å². The fraction of sp³-hybridized carbons (Fsp3) is 0. The van der Waals surface area contributed by atoms with Gasteiger partial charge >= 0.3 is 5.97 Å². The lowest BCUT2D eigenvalue weighted by Gasteiger charge is -2.08. The molecule has 0 saturated carbocycles. The molecule has 1 heterocycles. The second kappa shape index (κ2) is 5.57. The number of carbonyl (C=O) groups excluding carboxylic acids is 1. The average Bonchev–Trinajstić information content (AvgIpc) is 3.08. The van der Waals surface area contributed by atoms with Gasteiger partial charge in [0.25, 0.3) is 0 Å². The normalized spacial score (nSPS) is 10.4. The number of carboxylic acids is 1. The van der Waals surface area contributed by atoms with Crippen LogP contribution in [0.15, 0.2) is 48.8 Å². The van der Waals surface area contributed by atoms with Gasteiger partial charge in [-0.05, 0) is 33.7 Å². The van der Waals surface area contributed by atoms with Gasteiger partial charge in [-0.25, -0.2) is 4.79 Å². The molecule has 0 bridgehead atoms. The van der Waals surface area contributed by atoms with Crippen LogP contribution in [0.5, 0.6) is 0 Å². The largest absolute Gasteiger partial charge is 0.478 e. The summed E-state index contributed by atoms with van der Waals surface area (Å²) in [6.07, 6.45) is 2.09. The van der Waals surface area contributed by atoms with Gasteiger partial charge in [0.15, 0.2) is 0 Å². The van der Waals surface area contributed by atoms with Crippen molar-refractivity contribution in [3.63, 3.8) is 0 Å². The fourth-order valence-electron chi connectivity index (χ4n) is 2.11. The molecule has 1 aromatic heterocycles. The standard InChI is InChI=1S/C15H10N4O3/c20-8-10-1-3-11(4-2-10)12-5-6-14(13(7-12)15(21)22)19-9-16-17-18-19/h1-9H,(H,21,22). The topological polar surface area (TPSA) is 98.0 Å². The number of rotatable bonds is 4. The predicted molar refractivity (Wildman–Crippen MR) is 76.9 cm³/mol. The molecule has 0 radical (unpaired) electrons. The van der Waals surface area contributed by atoms with E-state index in [2.05, 4.69) is 15.5 Å². The number of benzene rings is 2. The molecule has 0 unspecified atom stereocenters. The van der Waals surface area contributed by atoms with Crippen molar-refractivity contribution in [1.82, 2.24) is 20.2 Å². The van der Waals surface area contributed by atoms with Crippen molar-refractivity contribution < 1.29 is 14.7 Å². The van der Waals surface area contributed by atoms with E-state index in [0.717, 1.165) is 17.4 Å². The molecule has 0 aliphatic heterocycles. The van der Waals surface area contributed by atoms with Gasteiger partial charge in [0.1, 0.15) is 12.6 Å². The number of aldehydes is 1. The number of carboxylic acid groups (broad SMARTS) is 1. The number of aromatic carboxylic acids is 1. The molecule has 22 heavy (non-hydrogen) atoms. The first-order valence-corrected chi connectivity index (χ1v) is 6.35. The summed E-state index contributed by atoms with van der Waals surface area (Å²) in [6, 6.07) is 11.9. The van der Waals surface area contributed by atoms with Crippen LogP contribution in [-0.2, 0) is 0 Å². The summed E-state index contributed by atoms with van der Waals surface area (Å²) >= 11 is 0. The van der Waals surface area contributed by atoms with E-state index in [0.29, 0.717) is 11.3 Å². The molecule has 7 heteroatoms. The fourth-order valence-corrected chi connectivity index (χ4v) is 2.11. The van der Waals surface area contributed by atoms with E-state index in [9.17, 15) is 14.7 Å². The average molecular weight is 294 g/mol. The minimum absolute atomic E-state index is 0.0873. The van der Waals surface area contributed by atoms with E-state index in [-0.39, 0.29) is 5.56 Å². The van der Waals surface area contributed by atoms with E-state index < -0.39 is 5.97 Å². The highest BCUT2D eigenvalue weighted by molar-refractivity contribution is 5.93. The van der Waals surface area contributed by atoms with Gasteiger partial charge in [-0.2, -0.15) is 4.68 Å². The highest BCUT2D eigenvalue weighted by Crippen LogP contribution is 2.24. The van der Waals surface area contributed by atoms with E-state index in [1.807, 2.05) is 0 Å². The third kappa shape index (κ3) is 2.47. The number of tetrazole rings is 1. The molecule has 1 N–H and O–H groups in total. The van der Waals surface area contributed by atoms with Crippen molar-refractivity contribution in [3.05, 3.63) is 59.9 Å². The molecule has 0 fully saturated rings. The van der Waals surface area contributed by atoms with Crippen molar-refractivity contribution in [2.75, 3.05) is 0 Å². The van der Waals surface area contributed by atoms with Gasteiger partial charge < -0.3 is 5.11 Å². The third-order valence-electron chi connectivity index (χ3n) is 3.20. The molecule has 0 aliphatic rings. The lowest BCUT2D eigenvalue weighted by atomic mass is 10.0. The highest BCUT2D eigenvalue weighted by atomic mass is 16.4. The number of hydrogen-bond acceptors (Lipinski definition) is 5. The van der Waals surface area contributed by atoms with Gasteiger partial charge in [-0.3, -0.25) is 4.79 Å². The molecule has 108 valence electrons. The van der Waals surface area contributed by atoms with E-state index in [4.69, 9.17) is 0 Å².